The number of esters is 1. The van der Waals surface area contributed by atoms with Crippen LogP contribution in [0.3, 0.4) is 0 Å². The predicted molar refractivity (Wildman–Crippen MR) is 118 cm³/mol. The van der Waals surface area contributed by atoms with E-state index in [9.17, 15) is 4.79 Å². The van der Waals surface area contributed by atoms with Crippen LogP contribution in [-0.2, 0) is 9.53 Å². The van der Waals surface area contributed by atoms with Crippen molar-refractivity contribution in [1.82, 2.24) is 14.8 Å². The van der Waals surface area contributed by atoms with E-state index in [4.69, 9.17) is 27.9 Å². The van der Waals surface area contributed by atoms with E-state index < -0.39 is 0 Å². The predicted octanol–water partition coefficient (Wildman–Crippen LogP) is 6.07. The van der Waals surface area contributed by atoms with Gasteiger partial charge in [-0.1, -0.05) is 72.6 Å². The van der Waals surface area contributed by atoms with E-state index in [1.165, 1.54) is 11.8 Å². The Bertz CT molecular complexity index is 994. The largest absolute Gasteiger partial charge is 0.465 e. The lowest BCUT2D eigenvalue weighted by Gasteiger charge is -2.16. The third-order valence-corrected chi connectivity index (χ3v) is 6.03. The first-order valence-electron chi connectivity index (χ1n) is 9.35. The average Bonchev–Trinajstić information content (AvgIpc) is 3.11. The molecule has 0 N–H and O–H groups in total. The van der Waals surface area contributed by atoms with Gasteiger partial charge in [0, 0.05) is 5.56 Å². The van der Waals surface area contributed by atoms with Crippen LogP contribution in [0.15, 0.2) is 53.7 Å². The van der Waals surface area contributed by atoms with Gasteiger partial charge in [-0.15, -0.1) is 10.2 Å². The maximum Gasteiger partial charge on any atom is 0.319 e. The maximum atomic E-state index is 12.4. The van der Waals surface area contributed by atoms with Crippen molar-refractivity contribution in [3.63, 3.8) is 0 Å². The SMILES string of the molecule is CCCC(Sc1nnc(-c2ccccc2Cl)n1-c1ccccc1Cl)C(=O)OCC. The summed E-state index contributed by atoms with van der Waals surface area (Å²) in [5.41, 5.74) is 1.45. The summed E-state index contributed by atoms with van der Waals surface area (Å²) in [5, 5.41) is 10.0. The van der Waals surface area contributed by atoms with Crippen LogP contribution in [0.1, 0.15) is 26.7 Å². The highest BCUT2D eigenvalue weighted by atomic mass is 35.5. The minimum Gasteiger partial charge on any atom is -0.465 e. The Morgan fingerprint density at radius 2 is 1.76 bits per heavy atom. The van der Waals surface area contributed by atoms with E-state index in [1.807, 2.05) is 47.9 Å². The Morgan fingerprint density at radius 3 is 2.41 bits per heavy atom. The molecule has 3 aromatic rings. The lowest BCUT2D eigenvalue weighted by Crippen LogP contribution is -2.20. The second-order valence-electron chi connectivity index (χ2n) is 6.22. The summed E-state index contributed by atoms with van der Waals surface area (Å²) < 4.78 is 7.09. The van der Waals surface area contributed by atoms with Crippen LogP contribution < -0.4 is 0 Å². The van der Waals surface area contributed by atoms with Crippen molar-refractivity contribution in [1.29, 1.82) is 0 Å². The smallest absolute Gasteiger partial charge is 0.319 e. The van der Waals surface area contributed by atoms with Crippen molar-refractivity contribution in [2.45, 2.75) is 37.1 Å². The minimum atomic E-state index is -0.385. The summed E-state index contributed by atoms with van der Waals surface area (Å²) in [6.45, 7) is 4.16. The van der Waals surface area contributed by atoms with Crippen molar-refractivity contribution < 1.29 is 9.53 Å². The van der Waals surface area contributed by atoms with Crippen LogP contribution in [0.5, 0.6) is 0 Å². The van der Waals surface area contributed by atoms with E-state index in [-0.39, 0.29) is 11.2 Å². The van der Waals surface area contributed by atoms with Crippen LogP contribution in [0.4, 0.5) is 0 Å². The zero-order valence-corrected chi connectivity index (χ0v) is 18.5. The van der Waals surface area contributed by atoms with Crippen molar-refractivity contribution in [3.05, 3.63) is 58.6 Å². The van der Waals surface area contributed by atoms with E-state index in [0.717, 1.165) is 17.7 Å². The first-order valence-corrected chi connectivity index (χ1v) is 11.0. The molecular formula is C21H21Cl2N3O2S. The number of nitrogens with zero attached hydrogens (tertiary/aromatic N) is 3. The normalized spacial score (nSPS) is 12.0. The Balaban J connectivity index is 2.12. The number of thioether (sulfide) groups is 1. The molecule has 0 aliphatic rings. The number of aromatic nitrogens is 3. The van der Waals surface area contributed by atoms with Crippen LogP contribution in [0.25, 0.3) is 17.1 Å². The molecule has 0 spiro atoms. The molecule has 8 heteroatoms. The number of carbonyl (C=O) groups excluding carboxylic acids is 1. The quantitative estimate of drug-likeness (QED) is 0.308. The first kappa shape index (κ1) is 21.7. The lowest BCUT2D eigenvalue weighted by molar-refractivity contribution is -0.142. The van der Waals surface area contributed by atoms with E-state index in [0.29, 0.717) is 34.1 Å². The summed E-state index contributed by atoms with van der Waals surface area (Å²) in [7, 11) is 0. The van der Waals surface area contributed by atoms with E-state index in [2.05, 4.69) is 10.2 Å². The van der Waals surface area contributed by atoms with E-state index in [1.54, 1.807) is 19.1 Å². The molecule has 152 valence electrons. The number of rotatable bonds is 8. The fourth-order valence-corrected chi connectivity index (χ4v) is 4.45. The molecule has 0 saturated carbocycles. The number of benzene rings is 2. The van der Waals surface area contributed by atoms with Crippen LogP contribution in [-0.4, -0.2) is 32.6 Å². The summed E-state index contributed by atoms with van der Waals surface area (Å²) in [6.07, 6.45) is 1.51. The molecule has 0 saturated heterocycles. The second-order valence-corrected chi connectivity index (χ2v) is 8.20. The van der Waals surface area contributed by atoms with E-state index >= 15 is 0 Å². The monoisotopic (exact) mass is 449 g/mol. The van der Waals surface area contributed by atoms with Gasteiger partial charge in [-0.2, -0.15) is 0 Å². The molecule has 3 rings (SSSR count). The Morgan fingerprint density at radius 1 is 1.07 bits per heavy atom. The highest BCUT2D eigenvalue weighted by Gasteiger charge is 2.26. The van der Waals surface area contributed by atoms with Crippen molar-refractivity contribution in [2.75, 3.05) is 6.61 Å². The fourth-order valence-electron chi connectivity index (χ4n) is 2.86. The Kier molecular flexibility index (Phi) is 7.58. The Labute approximate surface area is 184 Å². The van der Waals surface area contributed by atoms with Gasteiger partial charge in [0.2, 0.25) is 0 Å². The molecule has 1 heterocycles. The molecule has 0 fully saturated rings. The molecule has 1 unspecified atom stereocenters. The van der Waals surface area contributed by atoms with Gasteiger partial charge in [-0.25, -0.2) is 0 Å². The highest BCUT2D eigenvalue weighted by molar-refractivity contribution is 8.00. The molecule has 1 aromatic heterocycles. The fraction of sp³-hybridized carbons (Fsp3) is 0.286. The molecule has 1 atom stereocenters. The highest BCUT2D eigenvalue weighted by Crippen LogP contribution is 2.36. The average molecular weight is 450 g/mol. The summed E-state index contributed by atoms with van der Waals surface area (Å²) in [5.74, 6) is 0.303. The number of hydrogen-bond acceptors (Lipinski definition) is 5. The topological polar surface area (TPSA) is 57.0 Å². The number of hydrogen-bond donors (Lipinski definition) is 0. The molecule has 0 radical (unpaired) electrons. The van der Waals surface area contributed by atoms with Crippen molar-refractivity contribution >= 4 is 40.9 Å². The second kappa shape index (κ2) is 10.1. The van der Waals surface area contributed by atoms with Gasteiger partial charge in [0.1, 0.15) is 5.25 Å². The van der Waals surface area contributed by atoms with Crippen LogP contribution in [0, 0.1) is 0 Å². The van der Waals surface area contributed by atoms with Gasteiger partial charge in [0.15, 0.2) is 11.0 Å². The van der Waals surface area contributed by atoms with Gasteiger partial charge in [-0.3, -0.25) is 9.36 Å². The van der Waals surface area contributed by atoms with Crippen LogP contribution >= 0.6 is 35.0 Å². The minimum absolute atomic E-state index is 0.257. The molecule has 2 aromatic carbocycles. The molecule has 0 aliphatic carbocycles. The molecular weight excluding hydrogens is 429 g/mol. The van der Waals surface area contributed by atoms with Gasteiger partial charge >= 0.3 is 5.97 Å². The van der Waals surface area contributed by atoms with Gasteiger partial charge in [-0.05, 0) is 37.6 Å². The molecule has 29 heavy (non-hydrogen) atoms. The zero-order chi connectivity index (χ0) is 20.8. The molecule has 0 bridgehead atoms. The maximum absolute atomic E-state index is 12.4. The summed E-state index contributed by atoms with van der Waals surface area (Å²) in [4.78, 5) is 12.4. The number of halogens is 2. The summed E-state index contributed by atoms with van der Waals surface area (Å²) >= 11 is 14.2. The number of carbonyl (C=O) groups is 1. The number of para-hydroxylation sites is 1. The molecule has 5 nitrogen and oxygen atoms in total. The van der Waals surface area contributed by atoms with Crippen molar-refractivity contribution in [3.8, 4) is 17.1 Å². The standard InChI is InChI=1S/C21H21Cl2N3O2S/c1-3-9-18(20(27)28-4-2)29-21-25-24-19(14-10-5-6-11-15(14)22)26(21)17-13-8-7-12-16(17)23/h5-8,10-13,18H,3-4,9H2,1-2H3. The van der Waals surface area contributed by atoms with Gasteiger partial charge < -0.3 is 4.74 Å². The summed E-state index contributed by atoms with van der Waals surface area (Å²) in [6, 6.07) is 14.9. The molecule has 0 aliphatic heterocycles. The van der Waals surface area contributed by atoms with Gasteiger partial charge in [0.05, 0.1) is 22.3 Å². The third kappa shape index (κ3) is 4.94. The van der Waals surface area contributed by atoms with Crippen molar-refractivity contribution in [2.24, 2.45) is 0 Å². The lowest BCUT2D eigenvalue weighted by atomic mass is 10.2. The Hall–Kier alpha value is -2.02. The third-order valence-electron chi connectivity index (χ3n) is 4.19. The van der Waals surface area contributed by atoms with Gasteiger partial charge in [0.25, 0.3) is 0 Å². The zero-order valence-electron chi connectivity index (χ0n) is 16.1. The molecule has 0 amide bonds. The van der Waals surface area contributed by atoms with Crippen LogP contribution in [0.2, 0.25) is 10.0 Å². The number of ether oxygens (including phenoxy) is 1. The first-order chi connectivity index (χ1) is 14.1.